The molecule has 2 unspecified atom stereocenters. The van der Waals surface area contributed by atoms with Crippen LogP contribution in [0.15, 0.2) is 30.3 Å². The van der Waals surface area contributed by atoms with Gasteiger partial charge in [0.05, 0.1) is 0 Å². The molecule has 0 radical (unpaired) electrons. The van der Waals surface area contributed by atoms with Crippen molar-refractivity contribution in [2.24, 2.45) is 0 Å². The molecule has 1 saturated carbocycles. The van der Waals surface area contributed by atoms with E-state index in [-0.39, 0.29) is 0 Å². The first-order chi connectivity index (χ1) is 10.2. The van der Waals surface area contributed by atoms with Crippen LogP contribution >= 0.6 is 11.8 Å². The predicted molar refractivity (Wildman–Crippen MR) is 93.1 cm³/mol. The fraction of sp³-hybridized carbons (Fsp3) is 0.667. The number of piperazine rings is 1. The van der Waals surface area contributed by atoms with Gasteiger partial charge in [-0.3, -0.25) is 4.90 Å². The van der Waals surface area contributed by atoms with Gasteiger partial charge in [0.1, 0.15) is 0 Å². The molecule has 1 aromatic carbocycles. The highest BCUT2D eigenvalue weighted by molar-refractivity contribution is 8.00. The number of hydrogen-bond acceptors (Lipinski definition) is 3. The maximum atomic E-state index is 3.77. The third kappa shape index (κ3) is 3.82. The van der Waals surface area contributed by atoms with Gasteiger partial charge < -0.3 is 5.32 Å². The highest BCUT2D eigenvalue weighted by Crippen LogP contribution is 2.48. The molecule has 0 amide bonds. The van der Waals surface area contributed by atoms with Gasteiger partial charge in [0.2, 0.25) is 0 Å². The molecule has 3 rings (SSSR count). The normalized spacial score (nSPS) is 28.5. The second kappa shape index (κ2) is 6.72. The molecule has 2 nitrogen and oxygen atoms in total. The van der Waals surface area contributed by atoms with Crippen molar-refractivity contribution >= 4 is 11.8 Å². The SMILES string of the molecule is CCC1CNC(Cc2ccccc2)CN1CC1(SC)CC1. The van der Waals surface area contributed by atoms with E-state index in [1.54, 1.807) is 0 Å². The van der Waals surface area contributed by atoms with Crippen LogP contribution in [0.2, 0.25) is 0 Å². The van der Waals surface area contributed by atoms with Crippen molar-refractivity contribution in [3.05, 3.63) is 35.9 Å². The first-order valence-corrected chi connectivity index (χ1v) is 9.53. The van der Waals surface area contributed by atoms with Gasteiger partial charge in [0.15, 0.2) is 0 Å². The van der Waals surface area contributed by atoms with Crippen molar-refractivity contribution in [1.29, 1.82) is 0 Å². The van der Waals surface area contributed by atoms with Gasteiger partial charge in [-0.25, -0.2) is 0 Å². The molecule has 1 saturated heterocycles. The number of nitrogens with one attached hydrogen (secondary N) is 1. The average molecular weight is 305 g/mol. The third-order valence-corrected chi connectivity index (χ3v) is 6.54. The number of nitrogens with zero attached hydrogens (tertiary/aromatic N) is 1. The lowest BCUT2D eigenvalue weighted by Gasteiger charge is -2.42. The summed E-state index contributed by atoms with van der Waals surface area (Å²) in [5.41, 5.74) is 1.45. The van der Waals surface area contributed by atoms with Crippen molar-refractivity contribution in [2.75, 3.05) is 25.9 Å². The molecule has 0 spiro atoms. The summed E-state index contributed by atoms with van der Waals surface area (Å²) in [6, 6.07) is 12.2. The molecule has 2 atom stereocenters. The van der Waals surface area contributed by atoms with Crippen LogP contribution in [0.1, 0.15) is 31.7 Å². The molecule has 116 valence electrons. The Labute approximate surface area is 133 Å². The summed E-state index contributed by atoms with van der Waals surface area (Å²) < 4.78 is 0.585. The second-order valence-corrected chi connectivity index (χ2v) is 7.95. The Morgan fingerprint density at radius 2 is 2.05 bits per heavy atom. The minimum absolute atomic E-state index is 0.585. The largest absolute Gasteiger partial charge is 0.311 e. The van der Waals surface area contributed by atoms with Gasteiger partial charge in [-0.05, 0) is 37.5 Å². The average Bonchev–Trinajstić information content (AvgIpc) is 3.29. The molecular weight excluding hydrogens is 276 g/mol. The molecule has 1 aliphatic carbocycles. The molecule has 1 heterocycles. The van der Waals surface area contributed by atoms with Crippen LogP contribution in [0, 0.1) is 0 Å². The maximum Gasteiger partial charge on any atom is 0.0285 e. The van der Waals surface area contributed by atoms with E-state index in [0.717, 1.165) is 19.0 Å². The molecule has 21 heavy (non-hydrogen) atoms. The van der Waals surface area contributed by atoms with Gasteiger partial charge in [-0.2, -0.15) is 11.8 Å². The summed E-state index contributed by atoms with van der Waals surface area (Å²) in [4.78, 5) is 2.77. The van der Waals surface area contributed by atoms with E-state index in [1.165, 1.54) is 37.9 Å². The van der Waals surface area contributed by atoms with Crippen LogP contribution in [0.4, 0.5) is 0 Å². The van der Waals surface area contributed by atoms with Crippen molar-refractivity contribution < 1.29 is 0 Å². The first-order valence-electron chi connectivity index (χ1n) is 8.31. The molecule has 1 N–H and O–H groups in total. The summed E-state index contributed by atoms with van der Waals surface area (Å²) in [6.45, 7) is 5.98. The molecule has 2 aliphatic rings. The minimum atomic E-state index is 0.585. The maximum absolute atomic E-state index is 3.77. The summed E-state index contributed by atoms with van der Waals surface area (Å²) in [5, 5.41) is 3.77. The second-order valence-electron chi connectivity index (χ2n) is 6.67. The minimum Gasteiger partial charge on any atom is -0.311 e. The van der Waals surface area contributed by atoms with Crippen LogP contribution in [0.3, 0.4) is 0 Å². The number of hydrogen-bond donors (Lipinski definition) is 1. The monoisotopic (exact) mass is 304 g/mol. The number of thioether (sulfide) groups is 1. The van der Waals surface area contributed by atoms with Crippen molar-refractivity contribution in [2.45, 2.75) is 49.4 Å². The molecule has 1 aromatic rings. The Hall–Kier alpha value is -0.510. The Morgan fingerprint density at radius 1 is 1.29 bits per heavy atom. The van der Waals surface area contributed by atoms with Crippen LogP contribution in [-0.2, 0) is 6.42 Å². The molecular formula is C18H28N2S. The third-order valence-electron chi connectivity index (χ3n) is 5.14. The summed E-state index contributed by atoms with van der Waals surface area (Å²) >= 11 is 2.09. The van der Waals surface area contributed by atoms with E-state index >= 15 is 0 Å². The van der Waals surface area contributed by atoms with E-state index < -0.39 is 0 Å². The zero-order valence-electron chi connectivity index (χ0n) is 13.3. The highest BCUT2D eigenvalue weighted by atomic mass is 32.2. The van der Waals surface area contributed by atoms with Gasteiger partial charge in [-0.1, -0.05) is 37.3 Å². The quantitative estimate of drug-likeness (QED) is 0.869. The number of benzene rings is 1. The Morgan fingerprint density at radius 3 is 2.67 bits per heavy atom. The standard InChI is InChI=1S/C18H28N2S/c1-3-17-12-19-16(11-15-7-5-4-6-8-15)13-20(17)14-18(21-2)9-10-18/h4-8,16-17,19H,3,9-14H2,1-2H3. The van der Waals surface area contributed by atoms with Gasteiger partial charge in [-0.15, -0.1) is 0 Å². The predicted octanol–water partition coefficient (Wildman–Crippen LogP) is 3.18. The zero-order valence-corrected chi connectivity index (χ0v) is 14.2. The fourth-order valence-corrected chi connectivity index (χ4v) is 4.30. The molecule has 2 fully saturated rings. The van der Waals surface area contributed by atoms with E-state index in [0.29, 0.717) is 10.8 Å². The van der Waals surface area contributed by atoms with E-state index in [9.17, 15) is 0 Å². The van der Waals surface area contributed by atoms with E-state index in [2.05, 4.69) is 65.5 Å². The van der Waals surface area contributed by atoms with Gasteiger partial charge in [0, 0.05) is 36.5 Å². The van der Waals surface area contributed by atoms with Crippen LogP contribution in [0.25, 0.3) is 0 Å². The number of rotatable bonds is 6. The van der Waals surface area contributed by atoms with Crippen LogP contribution < -0.4 is 5.32 Å². The highest BCUT2D eigenvalue weighted by Gasteiger charge is 2.44. The van der Waals surface area contributed by atoms with Gasteiger partial charge in [0.25, 0.3) is 0 Å². The molecule has 0 aromatic heterocycles. The molecule has 3 heteroatoms. The fourth-order valence-electron chi connectivity index (χ4n) is 3.50. The van der Waals surface area contributed by atoms with E-state index in [4.69, 9.17) is 0 Å². The van der Waals surface area contributed by atoms with Crippen molar-refractivity contribution in [3.8, 4) is 0 Å². The van der Waals surface area contributed by atoms with E-state index in [1.807, 2.05) is 0 Å². The zero-order chi connectivity index (χ0) is 14.7. The Kier molecular flexibility index (Phi) is 4.92. The Bertz CT molecular complexity index is 444. The molecule has 1 aliphatic heterocycles. The van der Waals surface area contributed by atoms with Crippen molar-refractivity contribution in [3.63, 3.8) is 0 Å². The first kappa shape index (κ1) is 15.4. The van der Waals surface area contributed by atoms with Crippen LogP contribution in [0.5, 0.6) is 0 Å². The van der Waals surface area contributed by atoms with Gasteiger partial charge >= 0.3 is 0 Å². The van der Waals surface area contributed by atoms with Crippen molar-refractivity contribution in [1.82, 2.24) is 10.2 Å². The van der Waals surface area contributed by atoms with Crippen LogP contribution in [-0.4, -0.2) is 47.6 Å². The smallest absolute Gasteiger partial charge is 0.0285 e. The summed E-state index contributed by atoms with van der Waals surface area (Å²) in [7, 11) is 0. The lowest BCUT2D eigenvalue weighted by molar-refractivity contribution is 0.125. The summed E-state index contributed by atoms with van der Waals surface area (Å²) in [6.07, 6.45) is 7.53. The Balaban J connectivity index is 1.61. The lowest BCUT2D eigenvalue weighted by Crippen LogP contribution is -2.58. The molecule has 0 bridgehead atoms. The summed E-state index contributed by atoms with van der Waals surface area (Å²) in [5.74, 6) is 0. The lowest BCUT2D eigenvalue weighted by atomic mass is 10.0. The topological polar surface area (TPSA) is 15.3 Å².